The lowest BCUT2D eigenvalue weighted by Crippen LogP contribution is -2.40. The highest BCUT2D eigenvalue weighted by atomic mass is 16.7. The zero-order valence-corrected chi connectivity index (χ0v) is 22.8. The fraction of sp³-hybridized carbons (Fsp3) is 0.630. The van der Waals surface area contributed by atoms with Crippen molar-refractivity contribution >= 4 is 24.1 Å². The molecule has 0 saturated carbocycles. The first-order chi connectivity index (χ1) is 17.2. The number of carboxylic acids is 1. The van der Waals surface area contributed by atoms with E-state index in [-0.39, 0.29) is 55.3 Å². The van der Waals surface area contributed by atoms with Crippen molar-refractivity contribution in [1.29, 1.82) is 0 Å². The van der Waals surface area contributed by atoms with Crippen molar-refractivity contribution in [3.63, 3.8) is 0 Å². The maximum atomic E-state index is 12.4. The van der Waals surface area contributed by atoms with Crippen LogP contribution in [0, 0.1) is 23.7 Å². The number of rotatable bonds is 14. The van der Waals surface area contributed by atoms with Gasteiger partial charge in [0, 0.05) is 18.8 Å². The molecule has 3 N–H and O–H groups in total. The quantitative estimate of drug-likeness (QED) is 0.263. The molecule has 1 aromatic rings. The summed E-state index contributed by atoms with van der Waals surface area (Å²) in [7, 11) is 0. The molecule has 3 atom stereocenters. The molecule has 0 bridgehead atoms. The van der Waals surface area contributed by atoms with Crippen molar-refractivity contribution in [2.24, 2.45) is 29.4 Å². The SMILES string of the molecule is CC(C)COC(=O)OCC(C)C(c1ccc(OC(=O)CC(C)C)c(OC(=O)CC(C)C)c1)[C@H](N)C(=O)O. The van der Waals surface area contributed by atoms with Crippen LogP contribution in [0.4, 0.5) is 4.79 Å². The summed E-state index contributed by atoms with van der Waals surface area (Å²) in [5, 5.41) is 9.64. The molecule has 0 heterocycles. The first kappa shape index (κ1) is 31.9. The molecule has 0 amide bonds. The lowest BCUT2D eigenvalue weighted by Gasteiger charge is -2.28. The summed E-state index contributed by atoms with van der Waals surface area (Å²) in [5.74, 6) is -3.44. The van der Waals surface area contributed by atoms with Gasteiger partial charge >= 0.3 is 24.1 Å². The predicted molar refractivity (Wildman–Crippen MR) is 136 cm³/mol. The van der Waals surface area contributed by atoms with Gasteiger partial charge in [0.25, 0.3) is 0 Å². The van der Waals surface area contributed by atoms with Gasteiger partial charge in [-0.2, -0.15) is 0 Å². The van der Waals surface area contributed by atoms with Crippen LogP contribution in [0.15, 0.2) is 18.2 Å². The standard InChI is InChI=1S/C27H41NO9/c1-15(2)10-22(29)36-20-9-8-19(12-21(20)37-23(30)11-16(3)4)24(25(28)26(31)32)18(7)14-35-27(33)34-13-17(5)6/h8-9,12,15-18,24-25H,10-11,13-14,28H2,1-7H3,(H,31,32)/t18?,24?,25-/m0/s1. The van der Waals surface area contributed by atoms with Crippen LogP contribution < -0.4 is 15.2 Å². The van der Waals surface area contributed by atoms with E-state index in [0.717, 1.165) is 0 Å². The molecule has 208 valence electrons. The number of hydrogen-bond acceptors (Lipinski definition) is 9. The zero-order chi connectivity index (χ0) is 28.3. The highest BCUT2D eigenvalue weighted by Gasteiger charge is 2.33. The van der Waals surface area contributed by atoms with Crippen molar-refractivity contribution in [3.05, 3.63) is 23.8 Å². The number of ether oxygens (including phenoxy) is 4. The number of hydrogen-bond donors (Lipinski definition) is 2. The average molecular weight is 524 g/mol. The zero-order valence-electron chi connectivity index (χ0n) is 22.8. The Bertz CT molecular complexity index is 926. The van der Waals surface area contributed by atoms with Gasteiger partial charge in [-0.1, -0.05) is 54.5 Å². The van der Waals surface area contributed by atoms with Crippen LogP contribution in [0.3, 0.4) is 0 Å². The number of aliphatic carboxylic acids is 1. The van der Waals surface area contributed by atoms with E-state index in [9.17, 15) is 24.3 Å². The summed E-state index contributed by atoms with van der Waals surface area (Å²) >= 11 is 0. The van der Waals surface area contributed by atoms with Crippen molar-refractivity contribution in [2.75, 3.05) is 13.2 Å². The van der Waals surface area contributed by atoms with Crippen LogP contribution in [0.1, 0.15) is 72.8 Å². The van der Waals surface area contributed by atoms with E-state index in [1.807, 2.05) is 41.5 Å². The highest BCUT2D eigenvalue weighted by Crippen LogP contribution is 2.36. The van der Waals surface area contributed by atoms with Gasteiger partial charge in [0.2, 0.25) is 0 Å². The van der Waals surface area contributed by atoms with Gasteiger partial charge < -0.3 is 29.8 Å². The Morgan fingerprint density at radius 3 is 1.78 bits per heavy atom. The largest absolute Gasteiger partial charge is 0.508 e. The fourth-order valence-electron chi connectivity index (χ4n) is 3.51. The van der Waals surface area contributed by atoms with Gasteiger partial charge in [0.1, 0.15) is 6.04 Å². The Kier molecular flexibility index (Phi) is 13.1. The van der Waals surface area contributed by atoms with E-state index >= 15 is 0 Å². The molecule has 2 unspecified atom stereocenters. The summed E-state index contributed by atoms with van der Waals surface area (Å²) in [5.41, 5.74) is 6.44. The van der Waals surface area contributed by atoms with Gasteiger partial charge in [-0.05, 0) is 41.4 Å². The van der Waals surface area contributed by atoms with E-state index < -0.39 is 41.9 Å². The fourth-order valence-corrected chi connectivity index (χ4v) is 3.51. The number of nitrogens with two attached hydrogens (primary N) is 1. The Hall–Kier alpha value is -3.14. The first-order valence-corrected chi connectivity index (χ1v) is 12.5. The van der Waals surface area contributed by atoms with Gasteiger partial charge in [0.15, 0.2) is 11.5 Å². The minimum atomic E-state index is -1.36. The topological polar surface area (TPSA) is 151 Å². The van der Waals surface area contributed by atoms with Crippen LogP contribution in [-0.2, 0) is 23.9 Å². The minimum absolute atomic E-state index is 0.0210. The summed E-state index contributed by atoms with van der Waals surface area (Å²) in [6.45, 7) is 12.9. The molecule has 0 radical (unpaired) electrons. The lowest BCUT2D eigenvalue weighted by atomic mass is 9.82. The molecule has 0 aromatic heterocycles. The molecule has 0 spiro atoms. The molecular weight excluding hydrogens is 482 g/mol. The molecule has 0 aliphatic heterocycles. The van der Waals surface area contributed by atoms with Crippen LogP contribution in [0.2, 0.25) is 0 Å². The molecule has 1 aromatic carbocycles. The third-order valence-corrected chi connectivity index (χ3v) is 5.23. The van der Waals surface area contributed by atoms with Crippen molar-refractivity contribution in [1.82, 2.24) is 0 Å². The Labute approximate surface area is 218 Å². The maximum absolute atomic E-state index is 12.4. The van der Waals surface area contributed by atoms with E-state index in [1.165, 1.54) is 12.1 Å². The monoisotopic (exact) mass is 523 g/mol. The van der Waals surface area contributed by atoms with Gasteiger partial charge in [-0.25, -0.2) is 4.79 Å². The predicted octanol–water partition coefficient (Wildman–Crippen LogP) is 4.53. The Balaban J connectivity index is 3.30. The van der Waals surface area contributed by atoms with E-state index in [0.29, 0.717) is 5.56 Å². The Morgan fingerprint density at radius 1 is 0.784 bits per heavy atom. The average Bonchev–Trinajstić information content (AvgIpc) is 2.76. The van der Waals surface area contributed by atoms with E-state index in [2.05, 4.69) is 0 Å². The van der Waals surface area contributed by atoms with Crippen LogP contribution >= 0.6 is 0 Å². The summed E-state index contributed by atoms with van der Waals surface area (Å²) in [4.78, 5) is 48.4. The van der Waals surface area contributed by atoms with Crippen molar-refractivity contribution in [3.8, 4) is 11.5 Å². The maximum Gasteiger partial charge on any atom is 0.508 e. The number of esters is 2. The second-order valence-corrected chi connectivity index (χ2v) is 10.5. The summed E-state index contributed by atoms with van der Waals surface area (Å²) in [6.07, 6.45) is -0.571. The van der Waals surface area contributed by atoms with E-state index in [4.69, 9.17) is 24.7 Å². The minimum Gasteiger partial charge on any atom is -0.480 e. The molecule has 1 rings (SSSR count). The molecule has 37 heavy (non-hydrogen) atoms. The molecule has 10 heteroatoms. The highest BCUT2D eigenvalue weighted by molar-refractivity contribution is 5.77. The van der Waals surface area contributed by atoms with Gasteiger partial charge in [-0.3, -0.25) is 14.4 Å². The number of carboxylic acid groups (broad SMARTS) is 1. The molecule has 0 fully saturated rings. The van der Waals surface area contributed by atoms with E-state index in [1.54, 1.807) is 13.0 Å². The number of carbonyl (C=O) groups excluding carboxylic acids is 3. The van der Waals surface area contributed by atoms with Crippen molar-refractivity contribution in [2.45, 2.75) is 73.3 Å². The molecule has 0 saturated heterocycles. The molecule has 0 aliphatic carbocycles. The number of carbonyl (C=O) groups is 4. The van der Waals surface area contributed by atoms with Crippen LogP contribution in [0.25, 0.3) is 0 Å². The lowest BCUT2D eigenvalue weighted by molar-refractivity contribution is -0.139. The van der Waals surface area contributed by atoms with Crippen LogP contribution in [-0.4, -0.2) is 48.4 Å². The van der Waals surface area contributed by atoms with Crippen LogP contribution in [0.5, 0.6) is 11.5 Å². The molecule has 10 nitrogen and oxygen atoms in total. The summed E-state index contributed by atoms with van der Waals surface area (Å²) in [6, 6.07) is 3.08. The van der Waals surface area contributed by atoms with Crippen molar-refractivity contribution < 1.29 is 43.2 Å². The third kappa shape index (κ3) is 11.6. The third-order valence-electron chi connectivity index (χ3n) is 5.23. The number of benzene rings is 1. The van der Waals surface area contributed by atoms with Gasteiger partial charge in [-0.15, -0.1) is 0 Å². The first-order valence-electron chi connectivity index (χ1n) is 12.5. The molecule has 0 aliphatic rings. The second-order valence-electron chi connectivity index (χ2n) is 10.5. The normalized spacial score (nSPS) is 13.7. The second kappa shape index (κ2) is 15.2. The Morgan fingerprint density at radius 2 is 1.30 bits per heavy atom. The van der Waals surface area contributed by atoms with Gasteiger partial charge in [0.05, 0.1) is 13.2 Å². The summed E-state index contributed by atoms with van der Waals surface area (Å²) < 4.78 is 21.1. The molecular formula is C27H41NO9. The smallest absolute Gasteiger partial charge is 0.480 e.